The predicted molar refractivity (Wildman–Crippen MR) is 134 cm³/mol. The normalized spacial score (nSPS) is 13.1. The van der Waals surface area contributed by atoms with Crippen LogP contribution in [0.15, 0.2) is 60.7 Å². The second kappa shape index (κ2) is 12.5. The van der Waals surface area contributed by atoms with E-state index in [-0.39, 0.29) is 24.5 Å². The Hall–Kier alpha value is -3.72. The molecule has 0 bridgehead atoms. The van der Waals surface area contributed by atoms with E-state index in [4.69, 9.17) is 9.90 Å². The van der Waals surface area contributed by atoms with Crippen molar-refractivity contribution in [2.45, 2.75) is 38.4 Å². The number of benzene rings is 3. The number of hydrogen-bond acceptors (Lipinski definition) is 4. The Labute approximate surface area is 213 Å². The van der Waals surface area contributed by atoms with Gasteiger partial charge in [0.05, 0.1) is 0 Å². The van der Waals surface area contributed by atoms with Gasteiger partial charge in [0.1, 0.15) is 0 Å². The van der Waals surface area contributed by atoms with Crippen LogP contribution in [0.2, 0.25) is 0 Å². The summed E-state index contributed by atoms with van der Waals surface area (Å²) in [4.78, 5) is 36.0. The number of alkyl halides is 3. The molecule has 37 heavy (non-hydrogen) atoms. The van der Waals surface area contributed by atoms with Gasteiger partial charge in [-0.3, -0.25) is 9.59 Å². The molecule has 0 aromatic heterocycles. The van der Waals surface area contributed by atoms with Crippen molar-refractivity contribution in [3.63, 3.8) is 0 Å². The van der Waals surface area contributed by atoms with E-state index in [2.05, 4.69) is 35.6 Å². The number of carboxylic acid groups (broad SMARTS) is 1. The SMILES string of the molecule is CN(Cc1cccc2ccccc12)C(=O)CCC(=O)c1ccc2c(c1)CCNCC2.O=C(O)C(F)(F)F. The van der Waals surface area contributed by atoms with Crippen molar-refractivity contribution in [2.24, 2.45) is 0 Å². The zero-order valence-corrected chi connectivity index (χ0v) is 20.5. The number of carboxylic acids is 1. The zero-order chi connectivity index (χ0) is 27.0. The lowest BCUT2D eigenvalue weighted by molar-refractivity contribution is -0.192. The number of carbonyl (C=O) groups is 3. The highest BCUT2D eigenvalue weighted by Crippen LogP contribution is 2.21. The van der Waals surface area contributed by atoms with Crippen LogP contribution < -0.4 is 5.32 Å². The topological polar surface area (TPSA) is 86.7 Å². The summed E-state index contributed by atoms with van der Waals surface area (Å²) in [5, 5.41) is 12.8. The van der Waals surface area contributed by atoms with Gasteiger partial charge in [-0.1, -0.05) is 54.6 Å². The molecule has 2 N–H and O–H groups in total. The second-order valence-electron chi connectivity index (χ2n) is 8.85. The van der Waals surface area contributed by atoms with Gasteiger partial charge in [-0.15, -0.1) is 0 Å². The fourth-order valence-corrected chi connectivity index (χ4v) is 4.18. The summed E-state index contributed by atoms with van der Waals surface area (Å²) in [6.45, 7) is 2.47. The third kappa shape index (κ3) is 7.88. The number of rotatable bonds is 6. The van der Waals surface area contributed by atoms with Gasteiger partial charge in [0.15, 0.2) is 5.78 Å². The summed E-state index contributed by atoms with van der Waals surface area (Å²) in [7, 11) is 1.81. The molecule has 0 aliphatic carbocycles. The number of aliphatic carboxylic acids is 1. The molecule has 9 heteroatoms. The number of Topliss-reactive ketones (excluding diaryl/α,β-unsaturated/α-hetero) is 1. The molecular weight excluding hydrogens is 485 g/mol. The molecule has 0 fully saturated rings. The average molecular weight is 515 g/mol. The predicted octanol–water partition coefficient (Wildman–Crippen LogP) is 4.78. The van der Waals surface area contributed by atoms with E-state index in [1.54, 1.807) is 4.90 Å². The van der Waals surface area contributed by atoms with E-state index < -0.39 is 12.1 Å². The van der Waals surface area contributed by atoms with Gasteiger partial charge < -0.3 is 15.3 Å². The first-order valence-corrected chi connectivity index (χ1v) is 11.9. The highest BCUT2D eigenvalue weighted by atomic mass is 19.4. The van der Waals surface area contributed by atoms with Crippen molar-refractivity contribution in [3.8, 4) is 0 Å². The Balaban J connectivity index is 0.000000479. The summed E-state index contributed by atoms with van der Waals surface area (Å²) in [5.74, 6) is -2.72. The lowest BCUT2D eigenvalue weighted by Gasteiger charge is -2.18. The Kier molecular flexibility index (Phi) is 9.41. The van der Waals surface area contributed by atoms with E-state index in [0.717, 1.165) is 42.4 Å². The van der Waals surface area contributed by atoms with E-state index in [9.17, 15) is 22.8 Å². The molecule has 4 rings (SSSR count). The lowest BCUT2D eigenvalue weighted by atomic mass is 9.97. The van der Waals surface area contributed by atoms with E-state index >= 15 is 0 Å². The Morgan fingerprint density at radius 3 is 2.27 bits per heavy atom. The van der Waals surface area contributed by atoms with Crippen LogP contribution in [0.3, 0.4) is 0 Å². The standard InChI is InChI=1S/C26H28N2O2.C2HF3O2/c1-28(18-23-7-4-6-20-5-2-3-8-24(20)23)26(30)12-11-25(29)22-10-9-19-13-15-27-16-14-21(19)17-22;3-2(4,5)1(6)7/h2-10,17,27H,11-16,18H2,1H3;(H,6,7). The molecule has 196 valence electrons. The average Bonchev–Trinajstić information content (AvgIpc) is 3.12. The molecule has 1 aliphatic rings. The number of hydrogen-bond donors (Lipinski definition) is 2. The molecule has 1 heterocycles. The molecule has 0 atom stereocenters. The lowest BCUT2D eigenvalue weighted by Crippen LogP contribution is -2.26. The van der Waals surface area contributed by atoms with Crippen LogP contribution in [0.4, 0.5) is 13.2 Å². The van der Waals surface area contributed by atoms with Crippen LogP contribution >= 0.6 is 0 Å². The van der Waals surface area contributed by atoms with Gasteiger partial charge in [0, 0.05) is 32.0 Å². The van der Waals surface area contributed by atoms with Crippen LogP contribution in [0.1, 0.15) is 39.9 Å². The van der Waals surface area contributed by atoms with Crippen molar-refractivity contribution < 1.29 is 32.7 Å². The number of ketones is 1. The number of halogens is 3. The van der Waals surface area contributed by atoms with E-state index in [1.807, 2.05) is 37.4 Å². The molecule has 0 unspecified atom stereocenters. The van der Waals surface area contributed by atoms with Gasteiger partial charge in [0.2, 0.25) is 5.91 Å². The first kappa shape index (κ1) is 27.9. The fraction of sp³-hybridized carbons (Fsp3) is 0.321. The molecule has 3 aromatic carbocycles. The molecule has 0 spiro atoms. The van der Waals surface area contributed by atoms with Gasteiger partial charge >= 0.3 is 12.1 Å². The minimum atomic E-state index is -5.08. The number of amides is 1. The number of nitrogens with one attached hydrogen (secondary N) is 1. The molecule has 0 saturated carbocycles. The number of nitrogens with zero attached hydrogens (tertiary/aromatic N) is 1. The number of carbonyl (C=O) groups excluding carboxylic acids is 2. The fourth-order valence-electron chi connectivity index (χ4n) is 4.18. The van der Waals surface area contributed by atoms with Crippen molar-refractivity contribution in [2.75, 3.05) is 20.1 Å². The van der Waals surface area contributed by atoms with Crippen LogP contribution in [0.5, 0.6) is 0 Å². The molecule has 0 radical (unpaired) electrons. The maximum Gasteiger partial charge on any atom is 0.490 e. The Bertz CT molecular complexity index is 1270. The van der Waals surface area contributed by atoms with Crippen LogP contribution in [-0.4, -0.2) is 54.0 Å². The van der Waals surface area contributed by atoms with Crippen LogP contribution in [0, 0.1) is 0 Å². The highest BCUT2D eigenvalue weighted by Gasteiger charge is 2.38. The summed E-state index contributed by atoms with van der Waals surface area (Å²) in [6, 6.07) is 20.4. The largest absolute Gasteiger partial charge is 0.490 e. The molecular formula is C28H29F3N2O4. The quantitative estimate of drug-likeness (QED) is 0.463. The molecule has 6 nitrogen and oxygen atoms in total. The summed E-state index contributed by atoms with van der Waals surface area (Å²) >= 11 is 0. The van der Waals surface area contributed by atoms with Crippen molar-refractivity contribution in [1.29, 1.82) is 0 Å². The Morgan fingerprint density at radius 2 is 1.57 bits per heavy atom. The molecule has 1 amide bonds. The highest BCUT2D eigenvalue weighted by molar-refractivity contribution is 5.98. The monoisotopic (exact) mass is 514 g/mol. The van der Waals surface area contributed by atoms with Crippen LogP contribution in [0.25, 0.3) is 10.8 Å². The van der Waals surface area contributed by atoms with Crippen molar-refractivity contribution >= 4 is 28.4 Å². The summed E-state index contributed by atoms with van der Waals surface area (Å²) in [5.41, 5.74) is 4.42. The third-order valence-electron chi connectivity index (χ3n) is 6.19. The molecule has 3 aromatic rings. The van der Waals surface area contributed by atoms with Crippen LogP contribution in [-0.2, 0) is 29.0 Å². The summed E-state index contributed by atoms with van der Waals surface area (Å²) in [6.07, 6.45) is -2.65. The molecule has 1 aliphatic heterocycles. The zero-order valence-electron chi connectivity index (χ0n) is 20.5. The van der Waals surface area contributed by atoms with Gasteiger partial charge in [-0.05, 0) is 59.5 Å². The minimum absolute atomic E-state index is 0.00440. The van der Waals surface area contributed by atoms with Gasteiger partial charge in [-0.2, -0.15) is 13.2 Å². The number of fused-ring (bicyclic) bond motifs is 2. The first-order chi connectivity index (χ1) is 17.6. The minimum Gasteiger partial charge on any atom is -0.475 e. The van der Waals surface area contributed by atoms with Crippen molar-refractivity contribution in [1.82, 2.24) is 10.2 Å². The van der Waals surface area contributed by atoms with Crippen molar-refractivity contribution in [3.05, 3.63) is 82.9 Å². The van der Waals surface area contributed by atoms with Gasteiger partial charge in [0.25, 0.3) is 0 Å². The maximum absolute atomic E-state index is 12.7. The van der Waals surface area contributed by atoms with E-state index in [1.165, 1.54) is 16.5 Å². The van der Waals surface area contributed by atoms with Gasteiger partial charge in [-0.25, -0.2) is 4.79 Å². The smallest absolute Gasteiger partial charge is 0.475 e. The summed E-state index contributed by atoms with van der Waals surface area (Å²) < 4.78 is 31.7. The van der Waals surface area contributed by atoms with E-state index in [0.29, 0.717) is 6.54 Å². The Morgan fingerprint density at radius 1 is 0.919 bits per heavy atom. The first-order valence-electron chi connectivity index (χ1n) is 11.9. The second-order valence-corrected chi connectivity index (χ2v) is 8.85. The molecule has 0 saturated heterocycles. The maximum atomic E-state index is 12.7. The third-order valence-corrected chi connectivity index (χ3v) is 6.19.